The fourth-order valence-corrected chi connectivity index (χ4v) is 4.98. The van der Waals surface area contributed by atoms with Crippen LogP contribution in [0.4, 0.5) is 4.79 Å². The average molecular weight is 308 g/mol. The predicted molar refractivity (Wildman–Crippen MR) is 78.8 cm³/mol. The van der Waals surface area contributed by atoms with Crippen molar-refractivity contribution < 1.29 is 19.1 Å². The number of rotatable bonds is 3. The van der Waals surface area contributed by atoms with Crippen LogP contribution in [0.3, 0.4) is 0 Å². The van der Waals surface area contributed by atoms with Crippen LogP contribution < -0.4 is 10.6 Å². The summed E-state index contributed by atoms with van der Waals surface area (Å²) in [5, 5.41) is 4.44. The second-order valence-corrected chi connectivity index (χ2v) is 7.31. The van der Waals surface area contributed by atoms with E-state index in [0.29, 0.717) is 17.8 Å². The number of ether oxygens (including phenoxy) is 1. The van der Waals surface area contributed by atoms with E-state index in [9.17, 15) is 14.4 Å². The summed E-state index contributed by atoms with van der Waals surface area (Å²) in [5.74, 6) is 1.11. The number of hydrogen-bond acceptors (Lipinski definition) is 4. The smallest absolute Gasteiger partial charge is 0.321 e. The summed E-state index contributed by atoms with van der Waals surface area (Å²) < 4.78 is 5.41. The van der Waals surface area contributed by atoms with Crippen molar-refractivity contribution in [2.75, 3.05) is 7.05 Å². The first-order valence-electron chi connectivity index (χ1n) is 8.15. The third-order valence-corrected chi connectivity index (χ3v) is 5.59. The topological polar surface area (TPSA) is 84.5 Å². The number of carbonyl (C=O) groups is 3. The molecule has 4 rings (SSSR count). The molecule has 4 bridgehead atoms. The van der Waals surface area contributed by atoms with Crippen molar-refractivity contribution in [1.82, 2.24) is 10.6 Å². The van der Waals surface area contributed by atoms with Crippen molar-refractivity contribution >= 4 is 17.9 Å². The van der Waals surface area contributed by atoms with Gasteiger partial charge in [-0.3, -0.25) is 14.9 Å². The minimum absolute atomic E-state index is 0.244. The minimum atomic E-state index is -0.946. The number of hydrogen-bond donors (Lipinski definition) is 2. The van der Waals surface area contributed by atoms with Crippen molar-refractivity contribution in [3.63, 3.8) is 0 Å². The van der Waals surface area contributed by atoms with Gasteiger partial charge in [0.2, 0.25) is 0 Å². The molecule has 1 atom stereocenters. The van der Waals surface area contributed by atoms with Crippen LogP contribution in [-0.4, -0.2) is 31.1 Å². The maximum Gasteiger partial charge on any atom is 0.321 e. The zero-order chi connectivity index (χ0) is 15.9. The van der Waals surface area contributed by atoms with Crippen LogP contribution >= 0.6 is 0 Å². The standard InChI is InChI=1S/C16H24N2O4/c1-9(13(19)18-15(21)17-2)22-14(20)16-6-10-3-11(7-16)5-12(4-10)8-16/h9-12H,3-8H2,1-2H3,(H2,17,18,19,21). The van der Waals surface area contributed by atoms with Gasteiger partial charge in [-0.25, -0.2) is 4.79 Å². The highest BCUT2D eigenvalue weighted by Gasteiger charge is 2.55. The van der Waals surface area contributed by atoms with Crippen molar-refractivity contribution in [1.29, 1.82) is 0 Å². The number of nitrogens with one attached hydrogen (secondary N) is 2. The molecule has 4 aliphatic carbocycles. The molecule has 2 N–H and O–H groups in total. The first-order chi connectivity index (χ1) is 10.4. The largest absolute Gasteiger partial charge is 0.452 e. The number of urea groups is 1. The monoisotopic (exact) mass is 308 g/mol. The molecule has 0 aromatic heterocycles. The third-order valence-electron chi connectivity index (χ3n) is 5.59. The van der Waals surface area contributed by atoms with Gasteiger partial charge in [0.05, 0.1) is 5.41 Å². The minimum Gasteiger partial charge on any atom is -0.452 e. The molecule has 3 amide bonds. The number of amides is 3. The second-order valence-electron chi connectivity index (χ2n) is 7.31. The number of esters is 1. The summed E-state index contributed by atoms with van der Waals surface area (Å²) in [6, 6.07) is -0.595. The van der Waals surface area contributed by atoms with Crippen LogP contribution in [0.5, 0.6) is 0 Å². The summed E-state index contributed by atoms with van der Waals surface area (Å²) in [6.07, 6.45) is 5.51. The van der Waals surface area contributed by atoms with E-state index in [1.165, 1.54) is 33.2 Å². The molecule has 4 saturated carbocycles. The lowest BCUT2D eigenvalue weighted by Crippen LogP contribution is -2.52. The van der Waals surface area contributed by atoms with Gasteiger partial charge in [-0.15, -0.1) is 0 Å². The Labute approximate surface area is 130 Å². The third kappa shape index (κ3) is 2.71. The maximum atomic E-state index is 12.7. The Morgan fingerprint density at radius 1 is 1.05 bits per heavy atom. The van der Waals surface area contributed by atoms with E-state index in [1.54, 1.807) is 0 Å². The average Bonchev–Trinajstić information content (AvgIpc) is 2.45. The molecule has 0 heterocycles. The van der Waals surface area contributed by atoms with E-state index in [4.69, 9.17) is 4.74 Å². The molecule has 0 aromatic rings. The van der Waals surface area contributed by atoms with Gasteiger partial charge < -0.3 is 10.1 Å². The first-order valence-corrected chi connectivity index (χ1v) is 8.15. The summed E-state index contributed by atoms with van der Waals surface area (Å²) in [7, 11) is 1.43. The first kappa shape index (κ1) is 15.3. The molecular formula is C16H24N2O4. The Kier molecular flexibility index (Phi) is 3.87. The molecule has 1 unspecified atom stereocenters. The lowest BCUT2D eigenvalue weighted by atomic mass is 9.49. The van der Waals surface area contributed by atoms with E-state index < -0.39 is 18.0 Å². The summed E-state index contributed by atoms with van der Waals surface area (Å²) in [6.45, 7) is 1.51. The van der Waals surface area contributed by atoms with Crippen LogP contribution in [0.1, 0.15) is 45.4 Å². The van der Waals surface area contributed by atoms with E-state index in [-0.39, 0.29) is 11.4 Å². The van der Waals surface area contributed by atoms with Crippen molar-refractivity contribution in [3.8, 4) is 0 Å². The molecule has 0 spiro atoms. The molecule has 22 heavy (non-hydrogen) atoms. The lowest BCUT2D eigenvalue weighted by molar-refractivity contribution is -0.178. The summed E-state index contributed by atoms with van der Waals surface area (Å²) in [5.41, 5.74) is -0.379. The Bertz CT molecular complexity index is 467. The Morgan fingerprint density at radius 3 is 2.00 bits per heavy atom. The van der Waals surface area contributed by atoms with E-state index in [1.807, 2.05) is 0 Å². The van der Waals surface area contributed by atoms with Gasteiger partial charge in [-0.2, -0.15) is 0 Å². The number of carbonyl (C=O) groups excluding carboxylic acids is 3. The highest BCUT2D eigenvalue weighted by molar-refractivity contribution is 5.97. The summed E-state index contributed by atoms with van der Waals surface area (Å²) in [4.78, 5) is 35.6. The molecular weight excluding hydrogens is 284 g/mol. The quantitative estimate of drug-likeness (QED) is 0.775. The van der Waals surface area contributed by atoms with Crippen LogP contribution in [0.15, 0.2) is 0 Å². The zero-order valence-corrected chi connectivity index (χ0v) is 13.2. The molecule has 0 saturated heterocycles. The van der Waals surface area contributed by atoms with Crippen molar-refractivity contribution in [2.24, 2.45) is 23.2 Å². The lowest BCUT2D eigenvalue weighted by Gasteiger charge is -2.55. The van der Waals surface area contributed by atoms with Gasteiger partial charge in [-0.05, 0) is 63.2 Å². The van der Waals surface area contributed by atoms with E-state index in [0.717, 1.165) is 19.3 Å². The van der Waals surface area contributed by atoms with Gasteiger partial charge in [-0.1, -0.05) is 0 Å². The molecule has 4 aliphatic rings. The van der Waals surface area contributed by atoms with Crippen LogP contribution in [0.2, 0.25) is 0 Å². The molecule has 4 fully saturated rings. The number of imide groups is 1. The Hall–Kier alpha value is -1.59. The summed E-state index contributed by atoms with van der Waals surface area (Å²) >= 11 is 0. The SMILES string of the molecule is CNC(=O)NC(=O)C(C)OC(=O)C12CC3CC(CC(C3)C1)C2. The predicted octanol–water partition coefficient (Wildman–Crippen LogP) is 1.59. The van der Waals surface area contributed by atoms with Crippen molar-refractivity contribution in [3.05, 3.63) is 0 Å². The highest BCUT2D eigenvalue weighted by Crippen LogP contribution is 2.60. The molecule has 0 aromatic carbocycles. The van der Waals surface area contributed by atoms with Gasteiger partial charge in [0.25, 0.3) is 5.91 Å². The van der Waals surface area contributed by atoms with Crippen LogP contribution in [0, 0.1) is 23.2 Å². The molecule has 0 radical (unpaired) electrons. The van der Waals surface area contributed by atoms with Crippen molar-refractivity contribution in [2.45, 2.75) is 51.6 Å². The normalized spacial score (nSPS) is 36.5. The molecule has 6 heteroatoms. The fourth-order valence-electron chi connectivity index (χ4n) is 4.98. The molecule has 6 nitrogen and oxygen atoms in total. The van der Waals surface area contributed by atoms with Crippen LogP contribution in [-0.2, 0) is 14.3 Å². The molecule has 0 aliphatic heterocycles. The fraction of sp³-hybridized carbons (Fsp3) is 0.812. The van der Waals surface area contributed by atoms with Gasteiger partial charge in [0, 0.05) is 7.05 Å². The van der Waals surface area contributed by atoms with E-state index in [2.05, 4.69) is 10.6 Å². The van der Waals surface area contributed by atoms with Gasteiger partial charge >= 0.3 is 12.0 Å². The molecule has 122 valence electrons. The Balaban J connectivity index is 1.62. The Morgan fingerprint density at radius 2 is 1.55 bits per heavy atom. The second kappa shape index (κ2) is 5.56. The van der Waals surface area contributed by atoms with E-state index >= 15 is 0 Å². The highest BCUT2D eigenvalue weighted by atomic mass is 16.5. The maximum absolute atomic E-state index is 12.7. The van der Waals surface area contributed by atoms with Crippen LogP contribution in [0.25, 0.3) is 0 Å². The zero-order valence-electron chi connectivity index (χ0n) is 13.2. The van der Waals surface area contributed by atoms with Gasteiger partial charge in [0.1, 0.15) is 0 Å². The van der Waals surface area contributed by atoms with Gasteiger partial charge in [0.15, 0.2) is 6.10 Å².